The molecule has 92 valence electrons. The third-order valence-electron chi connectivity index (χ3n) is 4.83. The number of rotatable bonds is 3. The van der Waals surface area contributed by atoms with Crippen LogP contribution in [0.25, 0.3) is 0 Å². The molecule has 0 radical (unpaired) electrons. The van der Waals surface area contributed by atoms with Crippen molar-refractivity contribution < 1.29 is 4.74 Å². The van der Waals surface area contributed by atoms with Crippen LogP contribution in [0.15, 0.2) is 18.2 Å². The Labute approximate surface area is 104 Å². The highest BCUT2D eigenvalue weighted by Crippen LogP contribution is 2.48. The normalized spacial score (nSPS) is 30.8. The van der Waals surface area contributed by atoms with Crippen LogP contribution >= 0.6 is 0 Å². The standard InChI is InChI=1S/C16H22O/c1-11-3-6-16(7-12(11)2)17-10-15-9-13-4-5-14(15)8-13/h3,6-7,13-15H,4-5,8-10H2,1-2H3/t13?,14-,15?/m1/s1. The third kappa shape index (κ3) is 2.20. The molecule has 1 aromatic rings. The third-order valence-corrected chi connectivity index (χ3v) is 4.83. The van der Waals surface area contributed by atoms with Gasteiger partial charge >= 0.3 is 0 Å². The molecule has 2 fully saturated rings. The maximum atomic E-state index is 5.98. The second-order valence-electron chi connectivity index (χ2n) is 5.99. The summed E-state index contributed by atoms with van der Waals surface area (Å²) in [6.07, 6.45) is 5.81. The minimum Gasteiger partial charge on any atom is -0.493 e. The van der Waals surface area contributed by atoms with Crippen molar-refractivity contribution in [2.45, 2.75) is 39.5 Å². The Morgan fingerprint density at radius 2 is 2.00 bits per heavy atom. The fraction of sp³-hybridized carbons (Fsp3) is 0.625. The van der Waals surface area contributed by atoms with E-state index in [4.69, 9.17) is 4.74 Å². The predicted molar refractivity (Wildman–Crippen MR) is 70.3 cm³/mol. The first-order valence-electron chi connectivity index (χ1n) is 6.92. The molecule has 2 bridgehead atoms. The molecular weight excluding hydrogens is 208 g/mol. The fourth-order valence-corrected chi connectivity index (χ4v) is 3.59. The van der Waals surface area contributed by atoms with Crippen molar-refractivity contribution >= 4 is 0 Å². The summed E-state index contributed by atoms with van der Waals surface area (Å²) in [5.74, 6) is 3.87. The van der Waals surface area contributed by atoms with E-state index < -0.39 is 0 Å². The monoisotopic (exact) mass is 230 g/mol. The molecule has 0 aliphatic heterocycles. The van der Waals surface area contributed by atoms with Gasteiger partial charge in [0.1, 0.15) is 5.75 Å². The molecule has 0 saturated heterocycles. The zero-order chi connectivity index (χ0) is 11.8. The van der Waals surface area contributed by atoms with Crippen molar-refractivity contribution in [3.8, 4) is 5.75 Å². The van der Waals surface area contributed by atoms with E-state index in [0.717, 1.165) is 30.1 Å². The van der Waals surface area contributed by atoms with Crippen molar-refractivity contribution in [2.75, 3.05) is 6.61 Å². The minimum absolute atomic E-state index is 0.829. The highest BCUT2D eigenvalue weighted by atomic mass is 16.5. The Kier molecular flexibility index (Phi) is 2.85. The topological polar surface area (TPSA) is 9.23 Å². The lowest BCUT2D eigenvalue weighted by Crippen LogP contribution is -2.18. The second kappa shape index (κ2) is 4.36. The van der Waals surface area contributed by atoms with Gasteiger partial charge in [-0.05, 0) is 74.1 Å². The zero-order valence-electron chi connectivity index (χ0n) is 10.9. The molecule has 3 atom stereocenters. The lowest BCUT2D eigenvalue weighted by atomic mass is 9.89. The zero-order valence-corrected chi connectivity index (χ0v) is 10.9. The van der Waals surface area contributed by atoms with Gasteiger partial charge in [0, 0.05) is 0 Å². The summed E-state index contributed by atoms with van der Waals surface area (Å²) < 4.78 is 5.98. The Bertz CT molecular complexity index is 410. The Hall–Kier alpha value is -0.980. The van der Waals surface area contributed by atoms with Gasteiger partial charge in [0.2, 0.25) is 0 Å². The SMILES string of the molecule is Cc1ccc(OCC2CC3CC[C@@H]2C3)cc1C. The number of ether oxygens (including phenoxy) is 1. The maximum Gasteiger partial charge on any atom is 0.119 e. The van der Waals surface area contributed by atoms with E-state index in [-0.39, 0.29) is 0 Å². The van der Waals surface area contributed by atoms with Crippen LogP contribution in [0.1, 0.15) is 36.8 Å². The van der Waals surface area contributed by atoms with Crippen LogP contribution < -0.4 is 4.74 Å². The van der Waals surface area contributed by atoms with E-state index in [9.17, 15) is 0 Å². The molecule has 0 heterocycles. The van der Waals surface area contributed by atoms with Crippen LogP contribution in [-0.4, -0.2) is 6.61 Å². The van der Waals surface area contributed by atoms with E-state index in [1.807, 2.05) is 0 Å². The molecule has 1 aromatic carbocycles. The Morgan fingerprint density at radius 1 is 1.12 bits per heavy atom. The highest BCUT2D eigenvalue weighted by Gasteiger charge is 2.39. The van der Waals surface area contributed by atoms with Gasteiger partial charge in [-0.15, -0.1) is 0 Å². The predicted octanol–water partition coefficient (Wildman–Crippen LogP) is 4.12. The lowest BCUT2D eigenvalue weighted by molar-refractivity contribution is 0.195. The van der Waals surface area contributed by atoms with Gasteiger partial charge in [0.15, 0.2) is 0 Å². The van der Waals surface area contributed by atoms with E-state index in [0.29, 0.717) is 0 Å². The lowest BCUT2D eigenvalue weighted by Gasteiger charge is -2.21. The molecule has 2 unspecified atom stereocenters. The molecular formula is C16H22O. The van der Waals surface area contributed by atoms with Gasteiger partial charge in [0.05, 0.1) is 6.61 Å². The first-order valence-corrected chi connectivity index (χ1v) is 6.92. The molecule has 17 heavy (non-hydrogen) atoms. The largest absolute Gasteiger partial charge is 0.493 e. The first-order chi connectivity index (χ1) is 8.22. The summed E-state index contributed by atoms with van der Waals surface area (Å²) in [6, 6.07) is 6.43. The molecule has 1 heteroatoms. The number of hydrogen-bond donors (Lipinski definition) is 0. The van der Waals surface area contributed by atoms with Crippen LogP contribution in [0, 0.1) is 31.6 Å². The summed E-state index contributed by atoms with van der Waals surface area (Å²) in [5, 5.41) is 0. The summed E-state index contributed by atoms with van der Waals surface area (Å²) in [6.45, 7) is 5.23. The molecule has 2 aliphatic carbocycles. The van der Waals surface area contributed by atoms with E-state index in [2.05, 4.69) is 32.0 Å². The van der Waals surface area contributed by atoms with Crippen molar-refractivity contribution in [2.24, 2.45) is 17.8 Å². The van der Waals surface area contributed by atoms with Crippen LogP contribution in [0.3, 0.4) is 0 Å². The Morgan fingerprint density at radius 3 is 2.65 bits per heavy atom. The average molecular weight is 230 g/mol. The van der Waals surface area contributed by atoms with Crippen LogP contribution in [0.2, 0.25) is 0 Å². The molecule has 0 N–H and O–H groups in total. The molecule has 0 spiro atoms. The van der Waals surface area contributed by atoms with E-state index in [1.54, 1.807) is 0 Å². The van der Waals surface area contributed by atoms with Gasteiger partial charge < -0.3 is 4.74 Å². The number of hydrogen-bond acceptors (Lipinski definition) is 1. The van der Waals surface area contributed by atoms with Crippen molar-refractivity contribution in [3.05, 3.63) is 29.3 Å². The molecule has 2 aliphatic rings. The van der Waals surface area contributed by atoms with Gasteiger partial charge in [-0.25, -0.2) is 0 Å². The van der Waals surface area contributed by atoms with Gasteiger partial charge in [-0.3, -0.25) is 0 Å². The van der Waals surface area contributed by atoms with Gasteiger partial charge in [-0.1, -0.05) is 12.5 Å². The summed E-state index contributed by atoms with van der Waals surface area (Å²) in [4.78, 5) is 0. The fourth-order valence-electron chi connectivity index (χ4n) is 3.59. The number of fused-ring (bicyclic) bond motifs is 2. The first kappa shape index (κ1) is 11.1. The van der Waals surface area contributed by atoms with Crippen molar-refractivity contribution in [1.82, 2.24) is 0 Å². The Balaban J connectivity index is 1.59. The smallest absolute Gasteiger partial charge is 0.119 e. The average Bonchev–Trinajstić information content (AvgIpc) is 2.92. The maximum absolute atomic E-state index is 5.98. The second-order valence-corrected chi connectivity index (χ2v) is 5.99. The van der Waals surface area contributed by atoms with Gasteiger partial charge in [-0.2, -0.15) is 0 Å². The molecule has 2 saturated carbocycles. The van der Waals surface area contributed by atoms with Crippen molar-refractivity contribution in [3.63, 3.8) is 0 Å². The van der Waals surface area contributed by atoms with E-state index in [1.165, 1.54) is 36.8 Å². The molecule has 1 nitrogen and oxygen atoms in total. The van der Waals surface area contributed by atoms with Crippen LogP contribution in [0.4, 0.5) is 0 Å². The van der Waals surface area contributed by atoms with Crippen molar-refractivity contribution in [1.29, 1.82) is 0 Å². The highest BCUT2D eigenvalue weighted by molar-refractivity contribution is 5.33. The van der Waals surface area contributed by atoms with E-state index >= 15 is 0 Å². The van der Waals surface area contributed by atoms with Gasteiger partial charge in [0.25, 0.3) is 0 Å². The molecule has 3 rings (SSSR count). The van der Waals surface area contributed by atoms with Crippen LogP contribution in [0.5, 0.6) is 5.75 Å². The summed E-state index contributed by atoms with van der Waals surface area (Å²) >= 11 is 0. The minimum atomic E-state index is 0.829. The molecule has 0 amide bonds. The van der Waals surface area contributed by atoms with Crippen LogP contribution in [-0.2, 0) is 0 Å². The summed E-state index contributed by atoms with van der Waals surface area (Å²) in [5.41, 5.74) is 2.67. The quantitative estimate of drug-likeness (QED) is 0.759. The number of aryl methyl sites for hydroxylation is 2. The number of benzene rings is 1. The summed E-state index contributed by atoms with van der Waals surface area (Å²) in [7, 11) is 0. The molecule has 0 aromatic heterocycles.